The van der Waals surface area contributed by atoms with Crippen molar-refractivity contribution >= 4 is 41.9 Å². The quantitative estimate of drug-likeness (QED) is 0.365. The average molecular weight is 348 g/mol. The van der Waals surface area contributed by atoms with Crippen LogP contribution in [0.5, 0.6) is 0 Å². The Kier molecular flexibility index (Phi) is 9.24. The number of hydrogen-bond acceptors (Lipinski definition) is 4. The molecule has 0 spiro atoms. The van der Waals surface area contributed by atoms with Crippen LogP contribution in [0, 0.1) is 5.92 Å². The first-order chi connectivity index (χ1) is 10.1. The first-order valence-corrected chi connectivity index (χ1v) is 9.30. The number of nitrogens with one attached hydrogen (secondary N) is 1. The van der Waals surface area contributed by atoms with Crippen LogP contribution in [0.25, 0.3) is 0 Å². The van der Waals surface area contributed by atoms with E-state index in [1.54, 1.807) is 11.8 Å². The number of halogens is 1. The van der Waals surface area contributed by atoms with Crippen molar-refractivity contribution in [1.82, 2.24) is 5.32 Å². The Balaban J connectivity index is 2.51. The lowest BCUT2D eigenvalue weighted by Gasteiger charge is -2.18. The number of carbonyl (C=O) groups is 1. The zero-order valence-corrected chi connectivity index (χ0v) is 14.6. The molecule has 0 heterocycles. The van der Waals surface area contributed by atoms with Crippen LogP contribution < -0.4 is 5.32 Å². The van der Waals surface area contributed by atoms with Crippen LogP contribution in [0.4, 0.5) is 0 Å². The van der Waals surface area contributed by atoms with E-state index in [0.717, 1.165) is 17.7 Å². The van der Waals surface area contributed by atoms with E-state index in [2.05, 4.69) is 17.9 Å². The summed E-state index contributed by atoms with van der Waals surface area (Å²) < 4.78 is 0. The van der Waals surface area contributed by atoms with Gasteiger partial charge >= 0.3 is 0 Å². The highest BCUT2D eigenvalue weighted by Gasteiger charge is 2.20. The summed E-state index contributed by atoms with van der Waals surface area (Å²) in [5.41, 5.74) is 0.922. The number of rotatable bonds is 9. The second-order valence-electron chi connectivity index (χ2n) is 4.83. The molecule has 2 unspecified atom stereocenters. The smallest absolute Gasteiger partial charge is 0.226 e. The van der Waals surface area contributed by atoms with Gasteiger partial charge in [-0.15, -0.1) is 0 Å². The second-order valence-corrected chi connectivity index (χ2v) is 6.59. The molecule has 0 bridgehead atoms. The van der Waals surface area contributed by atoms with Gasteiger partial charge in [-0.3, -0.25) is 4.79 Å². The zero-order chi connectivity index (χ0) is 15.7. The van der Waals surface area contributed by atoms with E-state index >= 15 is 0 Å². The molecule has 0 saturated carbocycles. The standard InChI is InChI=1S/C15H22ClNO2S2/c1-21-8-4-7-14(18)17-15(19)12(10-20)9-11-5-2-3-6-13(11)16/h2-3,5-6,12,14,18,20H,4,7-10H2,1H3,(H,17,19). The van der Waals surface area contributed by atoms with Crippen LogP contribution >= 0.6 is 36.0 Å². The highest BCUT2D eigenvalue weighted by Crippen LogP contribution is 2.19. The Morgan fingerprint density at radius 2 is 2.19 bits per heavy atom. The first kappa shape index (κ1) is 18.7. The lowest BCUT2D eigenvalue weighted by molar-refractivity contribution is -0.127. The topological polar surface area (TPSA) is 49.3 Å². The first-order valence-electron chi connectivity index (χ1n) is 6.90. The number of thioether (sulfide) groups is 1. The molecule has 0 aliphatic rings. The summed E-state index contributed by atoms with van der Waals surface area (Å²) in [4.78, 5) is 12.2. The number of thiol groups is 1. The van der Waals surface area contributed by atoms with Crippen molar-refractivity contribution in [1.29, 1.82) is 0 Å². The second kappa shape index (κ2) is 10.4. The van der Waals surface area contributed by atoms with Gasteiger partial charge < -0.3 is 10.4 Å². The molecule has 0 fully saturated rings. The molecule has 2 N–H and O–H groups in total. The number of amides is 1. The zero-order valence-electron chi connectivity index (χ0n) is 12.1. The lowest BCUT2D eigenvalue weighted by atomic mass is 10.00. The molecule has 1 aromatic rings. The van der Waals surface area contributed by atoms with Gasteiger partial charge in [0.1, 0.15) is 6.23 Å². The SMILES string of the molecule is CSCCCC(O)NC(=O)C(CS)Cc1ccccc1Cl. The summed E-state index contributed by atoms with van der Waals surface area (Å²) in [6.07, 6.45) is 3.19. The number of aliphatic hydroxyl groups is 1. The molecule has 3 nitrogen and oxygen atoms in total. The summed E-state index contributed by atoms with van der Waals surface area (Å²) in [5.74, 6) is 0.905. The molecule has 6 heteroatoms. The fraction of sp³-hybridized carbons (Fsp3) is 0.533. The maximum absolute atomic E-state index is 12.2. The minimum atomic E-state index is -0.793. The summed E-state index contributed by atoms with van der Waals surface area (Å²) >= 11 is 12.1. The minimum absolute atomic E-state index is 0.179. The van der Waals surface area contributed by atoms with Crippen LogP contribution in [0.15, 0.2) is 24.3 Å². The van der Waals surface area contributed by atoms with Gasteiger partial charge in [-0.2, -0.15) is 24.4 Å². The van der Waals surface area contributed by atoms with Gasteiger partial charge in [-0.25, -0.2) is 0 Å². The third kappa shape index (κ3) is 6.96. The Morgan fingerprint density at radius 3 is 2.81 bits per heavy atom. The van der Waals surface area contributed by atoms with Crippen LogP contribution in [-0.4, -0.2) is 35.0 Å². The fourth-order valence-corrected chi connectivity index (χ4v) is 2.91. The summed E-state index contributed by atoms with van der Waals surface area (Å²) in [6.45, 7) is 0. The molecule has 0 aliphatic carbocycles. The molecule has 1 amide bonds. The van der Waals surface area contributed by atoms with Crippen molar-refractivity contribution < 1.29 is 9.90 Å². The van der Waals surface area contributed by atoms with Crippen LogP contribution in [-0.2, 0) is 11.2 Å². The Labute approximate surface area is 141 Å². The molecule has 0 saturated heterocycles. The predicted molar refractivity (Wildman–Crippen MR) is 94.3 cm³/mol. The molecular weight excluding hydrogens is 326 g/mol. The third-order valence-electron chi connectivity index (χ3n) is 3.15. The molecule has 0 aliphatic heterocycles. The Bertz CT molecular complexity index is 445. The van der Waals surface area contributed by atoms with Crippen LogP contribution in [0.1, 0.15) is 18.4 Å². The Morgan fingerprint density at radius 1 is 1.48 bits per heavy atom. The minimum Gasteiger partial charge on any atom is -0.374 e. The normalized spacial score (nSPS) is 13.7. The maximum atomic E-state index is 12.2. The summed E-state index contributed by atoms with van der Waals surface area (Å²) in [5, 5.41) is 13.1. The fourth-order valence-electron chi connectivity index (χ4n) is 1.94. The van der Waals surface area contributed by atoms with Gasteiger partial charge in [-0.05, 0) is 42.9 Å². The molecule has 0 radical (unpaired) electrons. The number of hydrogen-bond donors (Lipinski definition) is 3. The number of carbonyl (C=O) groups excluding carboxylic acids is 1. The molecule has 21 heavy (non-hydrogen) atoms. The largest absolute Gasteiger partial charge is 0.374 e. The molecule has 2 atom stereocenters. The van der Waals surface area contributed by atoms with Crippen molar-refractivity contribution in [2.45, 2.75) is 25.5 Å². The van der Waals surface area contributed by atoms with Crippen molar-refractivity contribution in [2.75, 3.05) is 17.8 Å². The summed E-state index contributed by atoms with van der Waals surface area (Å²) in [7, 11) is 0. The van der Waals surface area contributed by atoms with E-state index in [-0.39, 0.29) is 11.8 Å². The lowest BCUT2D eigenvalue weighted by Crippen LogP contribution is -2.40. The highest BCUT2D eigenvalue weighted by molar-refractivity contribution is 7.98. The van der Waals surface area contributed by atoms with Crippen molar-refractivity contribution in [2.24, 2.45) is 5.92 Å². The van der Waals surface area contributed by atoms with Crippen LogP contribution in [0.2, 0.25) is 5.02 Å². The van der Waals surface area contributed by atoms with Crippen molar-refractivity contribution in [3.63, 3.8) is 0 Å². The monoisotopic (exact) mass is 347 g/mol. The highest BCUT2D eigenvalue weighted by atomic mass is 35.5. The van der Waals surface area contributed by atoms with E-state index in [4.69, 9.17) is 11.6 Å². The van der Waals surface area contributed by atoms with Gasteiger partial charge in [0.15, 0.2) is 0 Å². The van der Waals surface area contributed by atoms with Crippen molar-refractivity contribution in [3.05, 3.63) is 34.9 Å². The molecular formula is C15H22ClNO2S2. The van der Waals surface area contributed by atoms with E-state index in [1.165, 1.54) is 0 Å². The molecule has 1 rings (SSSR count). The maximum Gasteiger partial charge on any atom is 0.226 e. The summed E-state index contributed by atoms with van der Waals surface area (Å²) in [6, 6.07) is 7.46. The third-order valence-corrected chi connectivity index (χ3v) is 4.66. The van der Waals surface area contributed by atoms with Gasteiger partial charge in [-0.1, -0.05) is 29.8 Å². The molecule has 0 aromatic heterocycles. The van der Waals surface area contributed by atoms with E-state index < -0.39 is 6.23 Å². The average Bonchev–Trinajstić information content (AvgIpc) is 2.46. The van der Waals surface area contributed by atoms with Gasteiger partial charge in [0.25, 0.3) is 0 Å². The predicted octanol–water partition coefficient (Wildman–Crippen LogP) is 3.01. The Hall–Kier alpha value is -0.360. The van der Waals surface area contributed by atoms with Gasteiger partial charge in [0.2, 0.25) is 5.91 Å². The number of benzene rings is 1. The van der Waals surface area contributed by atoms with E-state index in [1.807, 2.05) is 30.5 Å². The van der Waals surface area contributed by atoms with Crippen LogP contribution in [0.3, 0.4) is 0 Å². The van der Waals surface area contributed by atoms with E-state index in [0.29, 0.717) is 23.6 Å². The molecule has 118 valence electrons. The van der Waals surface area contributed by atoms with E-state index in [9.17, 15) is 9.90 Å². The molecule has 1 aromatic carbocycles. The van der Waals surface area contributed by atoms with Gasteiger partial charge in [0.05, 0.1) is 5.92 Å². The number of aliphatic hydroxyl groups excluding tert-OH is 1. The van der Waals surface area contributed by atoms with Crippen molar-refractivity contribution in [3.8, 4) is 0 Å². The van der Waals surface area contributed by atoms with Gasteiger partial charge in [0, 0.05) is 10.8 Å².